The van der Waals surface area contributed by atoms with Crippen LogP contribution in [-0.2, 0) is 14.6 Å². The lowest BCUT2D eigenvalue weighted by Crippen LogP contribution is -2.40. The average Bonchev–Trinajstić information content (AvgIpc) is 2.25. The molecule has 0 amide bonds. The number of rotatable bonds is 4. The van der Waals surface area contributed by atoms with Gasteiger partial charge in [-0.2, -0.15) is 0 Å². The maximum absolute atomic E-state index is 12.1. The first-order valence-electron chi connectivity index (χ1n) is 6.96. The SMILES string of the molecule is CC1CCCC(CCS(=O)(=O)C(C)(C)C)(C(=O)O)C1. The van der Waals surface area contributed by atoms with E-state index in [9.17, 15) is 18.3 Å². The topological polar surface area (TPSA) is 71.4 Å². The molecule has 0 aromatic rings. The Morgan fingerprint density at radius 1 is 1.37 bits per heavy atom. The number of sulfone groups is 1. The van der Waals surface area contributed by atoms with Crippen molar-refractivity contribution in [1.82, 2.24) is 0 Å². The molecule has 112 valence electrons. The van der Waals surface area contributed by atoms with Gasteiger partial charge in [0.1, 0.15) is 0 Å². The van der Waals surface area contributed by atoms with Crippen LogP contribution in [0.15, 0.2) is 0 Å². The van der Waals surface area contributed by atoms with Crippen LogP contribution in [0.3, 0.4) is 0 Å². The van der Waals surface area contributed by atoms with Gasteiger partial charge in [-0.25, -0.2) is 8.42 Å². The molecule has 0 heterocycles. The predicted molar refractivity (Wildman–Crippen MR) is 75.9 cm³/mol. The Bertz CT molecular complexity index is 433. The molecule has 1 fully saturated rings. The third-order valence-corrected chi connectivity index (χ3v) is 6.94. The van der Waals surface area contributed by atoms with E-state index in [2.05, 4.69) is 6.92 Å². The van der Waals surface area contributed by atoms with Crippen LogP contribution in [0.1, 0.15) is 59.8 Å². The first-order chi connectivity index (χ1) is 8.50. The second-order valence-corrected chi connectivity index (χ2v) is 9.83. The highest BCUT2D eigenvalue weighted by atomic mass is 32.2. The van der Waals surface area contributed by atoms with Gasteiger partial charge in [-0.3, -0.25) is 4.79 Å². The van der Waals surface area contributed by atoms with E-state index < -0.39 is 26.0 Å². The lowest BCUT2D eigenvalue weighted by atomic mass is 9.68. The van der Waals surface area contributed by atoms with Gasteiger partial charge in [0, 0.05) is 0 Å². The lowest BCUT2D eigenvalue weighted by molar-refractivity contribution is -0.152. The molecule has 2 unspecified atom stereocenters. The molecule has 1 aliphatic rings. The molecule has 0 aliphatic heterocycles. The predicted octanol–water partition coefficient (Wildman–Crippen LogP) is 2.87. The van der Waals surface area contributed by atoms with E-state index >= 15 is 0 Å². The Morgan fingerprint density at radius 2 is 1.95 bits per heavy atom. The molecule has 0 radical (unpaired) electrons. The maximum Gasteiger partial charge on any atom is 0.309 e. The number of hydrogen-bond donors (Lipinski definition) is 1. The zero-order valence-corrected chi connectivity index (χ0v) is 13.2. The molecule has 1 aliphatic carbocycles. The second kappa shape index (κ2) is 5.43. The summed E-state index contributed by atoms with van der Waals surface area (Å²) in [5, 5.41) is 9.51. The molecule has 1 N–H and O–H groups in total. The zero-order valence-electron chi connectivity index (χ0n) is 12.4. The van der Waals surface area contributed by atoms with Gasteiger partial charge in [0.05, 0.1) is 15.9 Å². The van der Waals surface area contributed by atoms with Crippen LogP contribution in [-0.4, -0.2) is 30.0 Å². The van der Waals surface area contributed by atoms with Gasteiger partial charge in [0.15, 0.2) is 9.84 Å². The normalized spacial score (nSPS) is 29.2. The van der Waals surface area contributed by atoms with E-state index in [1.165, 1.54) is 0 Å². The summed E-state index contributed by atoms with van der Waals surface area (Å²) in [5.41, 5.74) is -0.837. The molecule has 0 bridgehead atoms. The van der Waals surface area contributed by atoms with Crippen molar-refractivity contribution in [2.24, 2.45) is 11.3 Å². The number of carboxylic acid groups (broad SMARTS) is 1. The Kier molecular flexibility index (Phi) is 4.71. The fraction of sp³-hybridized carbons (Fsp3) is 0.929. The van der Waals surface area contributed by atoms with Crippen molar-refractivity contribution < 1.29 is 18.3 Å². The third kappa shape index (κ3) is 3.71. The quantitative estimate of drug-likeness (QED) is 0.864. The van der Waals surface area contributed by atoms with Crippen molar-refractivity contribution in [2.45, 2.75) is 64.5 Å². The molecule has 5 heteroatoms. The Morgan fingerprint density at radius 3 is 2.37 bits per heavy atom. The van der Waals surface area contributed by atoms with Crippen LogP contribution in [0.25, 0.3) is 0 Å². The maximum atomic E-state index is 12.1. The highest BCUT2D eigenvalue weighted by Gasteiger charge is 2.43. The Balaban J connectivity index is 2.85. The van der Waals surface area contributed by atoms with Crippen molar-refractivity contribution >= 4 is 15.8 Å². The highest BCUT2D eigenvalue weighted by Crippen LogP contribution is 2.43. The monoisotopic (exact) mass is 290 g/mol. The van der Waals surface area contributed by atoms with E-state index in [0.717, 1.165) is 12.8 Å². The minimum atomic E-state index is -3.25. The van der Waals surface area contributed by atoms with Crippen molar-refractivity contribution in [1.29, 1.82) is 0 Å². The van der Waals surface area contributed by atoms with Crippen molar-refractivity contribution in [3.05, 3.63) is 0 Å². The summed E-state index contributed by atoms with van der Waals surface area (Å²) >= 11 is 0. The summed E-state index contributed by atoms with van der Waals surface area (Å²) in [6.07, 6.45) is 3.37. The molecule has 1 rings (SSSR count). The molecule has 1 saturated carbocycles. The summed E-state index contributed by atoms with van der Waals surface area (Å²) in [5.74, 6) is -0.499. The van der Waals surface area contributed by atoms with Crippen molar-refractivity contribution in [3.8, 4) is 0 Å². The lowest BCUT2D eigenvalue weighted by Gasteiger charge is -2.37. The fourth-order valence-electron chi connectivity index (χ4n) is 2.82. The van der Waals surface area contributed by atoms with E-state index in [0.29, 0.717) is 18.8 Å². The molecule has 2 atom stereocenters. The number of carbonyl (C=O) groups is 1. The summed E-state index contributed by atoms with van der Waals surface area (Å²) < 4.78 is 23.5. The minimum Gasteiger partial charge on any atom is -0.481 e. The number of carboxylic acids is 1. The molecule has 0 saturated heterocycles. The van der Waals surface area contributed by atoms with Crippen LogP contribution in [0.4, 0.5) is 0 Å². The van der Waals surface area contributed by atoms with Crippen LogP contribution in [0.5, 0.6) is 0 Å². The molecule has 19 heavy (non-hydrogen) atoms. The van der Waals surface area contributed by atoms with E-state index in [4.69, 9.17) is 0 Å². The van der Waals surface area contributed by atoms with Gasteiger partial charge in [-0.05, 0) is 46.0 Å². The first-order valence-corrected chi connectivity index (χ1v) is 8.61. The largest absolute Gasteiger partial charge is 0.481 e. The summed E-state index contributed by atoms with van der Waals surface area (Å²) in [7, 11) is -3.25. The van der Waals surface area contributed by atoms with Gasteiger partial charge < -0.3 is 5.11 Å². The third-order valence-electron chi connectivity index (χ3n) is 4.33. The van der Waals surface area contributed by atoms with Gasteiger partial charge >= 0.3 is 5.97 Å². The van der Waals surface area contributed by atoms with Crippen molar-refractivity contribution in [3.63, 3.8) is 0 Å². The fourth-order valence-corrected chi connectivity index (χ4v) is 4.10. The number of aliphatic carboxylic acids is 1. The van der Waals surface area contributed by atoms with Crippen LogP contribution >= 0.6 is 0 Å². The second-order valence-electron chi connectivity index (χ2n) is 6.97. The van der Waals surface area contributed by atoms with Gasteiger partial charge in [0.2, 0.25) is 0 Å². The molecule has 0 spiro atoms. The molecule has 0 aromatic heterocycles. The highest BCUT2D eigenvalue weighted by molar-refractivity contribution is 7.92. The Hall–Kier alpha value is -0.580. The van der Waals surface area contributed by atoms with E-state index in [-0.39, 0.29) is 12.2 Å². The number of hydrogen-bond acceptors (Lipinski definition) is 3. The van der Waals surface area contributed by atoms with E-state index in [1.54, 1.807) is 20.8 Å². The molecule has 4 nitrogen and oxygen atoms in total. The van der Waals surface area contributed by atoms with Crippen LogP contribution in [0.2, 0.25) is 0 Å². The average molecular weight is 290 g/mol. The Labute approximate surface area is 116 Å². The summed E-state index contributed by atoms with van der Waals surface area (Å²) in [4.78, 5) is 11.6. The van der Waals surface area contributed by atoms with Crippen molar-refractivity contribution in [2.75, 3.05) is 5.75 Å². The molecular formula is C14H26O4S. The summed E-state index contributed by atoms with van der Waals surface area (Å²) in [6, 6.07) is 0. The van der Waals surface area contributed by atoms with Gasteiger partial charge in [-0.1, -0.05) is 19.8 Å². The van der Waals surface area contributed by atoms with E-state index in [1.807, 2.05) is 0 Å². The molecular weight excluding hydrogens is 264 g/mol. The smallest absolute Gasteiger partial charge is 0.309 e. The van der Waals surface area contributed by atoms with Gasteiger partial charge in [0.25, 0.3) is 0 Å². The first kappa shape index (κ1) is 16.5. The van der Waals surface area contributed by atoms with Crippen LogP contribution < -0.4 is 0 Å². The molecule has 0 aromatic carbocycles. The van der Waals surface area contributed by atoms with Gasteiger partial charge in [-0.15, -0.1) is 0 Å². The van der Waals surface area contributed by atoms with Crippen LogP contribution in [0, 0.1) is 11.3 Å². The summed E-state index contributed by atoms with van der Waals surface area (Å²) in [6.45, 7) is 7.05. The zero-order chi connectivity index (χ0) is 14.9. The standard InChI is InChI=1S/C14H26O4S/c1-11-6-5-7-14(10-11,12(15)16)8-9-19(17,18)13(2,3)4/h11H,5-10H2,1-4H3,(H,15,16). The minimum absolute atomic E-state index is 0.0322.